The molecule has 2 aliphatic rings. The quantitative estimate of drug-likeness (QED) is 0.579. The first-order valence-corrected chi connectivity index (χ1v) is 12.0. The van der Waals surface area contributed by atoms with Crippen molar-refractivity contribution in [1.29, 1.82) is 0 Å². The maximum absolute atomic E-state index is 13.7. The van der Waals surface area contributed by atoms with E-state index in [4.69, 9.17) is 14.5 Å². The van der Waals surface area contributed by atoms with Crippen molar-refractivity contribution >= 4 is 23.2 Å². The van der Waals surface area contributed by atoms with Gasteiger partial charge in [-0.15, -0.1) is 0 Å². The number of ketones is 1. The normalized spacial score (nSPS) is 19.4. The Labute approximate surface area is 201 Å². The Balaban J connectivity index is 1.72. The van der Waals surface area contributed by atoms with E-state index in [1.165, 1.54) is 11.3 Å². The number of methoxy groups -OCH3 is 2. The van der Waals surface area contributed by atoms with E-state index in [9.17, 15) is 9.59 Å². The fourth-order valence-corrected chi connectivity index (χ4v) is 5.72. The SMILES string of the molecule is COc1ccc(C=c2sc3n(c2=O)C(c2ccc(OC)cc2)C2=C(CC(C)(C)CC2=O)N=3)cc1. The lowest BCUT2D eigenvalue weighted by Gasteiger charge is -2.35. The molecule has 1 atom stereocenters. The topological polar surface area (TPSA) is 69.9 Å². The number of nitrogens with zero attached hydrogens (tertiary/aromatic N) is 2. The number of hydrogen-bond donors (Lipinski definition) is 0. The maximum atomic E-state index is 13.7. The van der Waals surface area contributed by atoms with Crippen molar-refractivity contribution in [1.82, 2.24) is 4.57 Å². The molecule has 0 saturated heterocycles. The number of thiazole rings is 1. The zero-order chi connectivity index (χ0) is 24.0. The van der Waals surface area contributed by atoms with Crippen molar-refractivity contribution in [3.05, 3.63) is 90.6 Å². The van der Waals surface area contributed by atoms with Crippen molar-refractivity contribution in [2.45, 2.75) is 32.7 Å². The average Bonchev–Trinajstić information content (AvgIpc) is 3.12. The van der Waals surface area contributed by atoms with Crippen molar-refractivity contribution < 1.29 is 14.3 Å². The smallest absolute Gasteiger partial charge is 0.271 e. The molecule has 0 radical (unpaired) electrons. The Morgan fingerprint density at radius 3 is 2.21 bits per heavy atom. The van der Waals surface area contributed by atoms with E-state index < -0.39 is 6.04 Å². The number of fused-ring (bicyclic) bond motifs is 1. The van der Waals surface area contributed by atoms with Gasteiger partial charge in [-0.2, -0.15) is 0 Å². The van der Waals surface area contributed by atoms with Crippen LogP contribution in [-0.4, -0.2) is 24.6 Å². The molecule has 0 fully saturated rings. The van der Waals surface area contributed by atoms with Crippen LogP contribution in [0, 0.1) is 5.41 Å². The molecule has 174 valence electrons. The lowest BCUT2D eigenvalue weighted by Crippen LogP contribution is -2.42. The van der Waals surface area contributed by atoms with Gasteiger partial charge < -0.3 is 9.47 Å². The Morgan fingerprint density at radius 1 is 0.971 bits per heavy atom. The lowest BCUT2D eigenvalue weighted by molar-refractivity contribution is -0.118. The molecule has 1 aliphatic heterocycles. The van der Waals surface area contributed by atoms with Crippen LogP contribution in [0.3, 0.4) is 0 Å². The summed E-state index contributed by atoms with van der Waals surface area (Å²) >= 11 is 1.36. The van der Waals surface area contributed by atoms with E-state index in [1.54, 1.807) is 18.8 Å². The molecule has 3 aromatic rings. The molecule has 0 N–H and O–H groups in total. The summed E-state index contributed by atoms with van der Waals surface area (Å²) in [6.45, 7) is 4.18. The number of carbonyl (C=O) groups is 1. The van der Waals surface area contributed by atoms with E-state index in [2.05, 4.69) is 13.8 Å². The van der Waals surface area contributed by atoms with Crippen molar-refractivity contribution in [3.63, 3.8) is 0 Å². The van der Waals surface area contributed by atoms with Gasteiger partial charge in [0.05, 0.1) is 30.5 Å². The summed E-state index contributed by atoms with van der Waals surface area (Å²) in [5, 5.41) is 0. The van der Waals surface area contributed by atoms with Gasteiger partial charge >= 0.3 is 0 Å². The van der Waals surface area contributed by atoms with E-state index in [1.807, 2.05) is 54.6 Å². The van der Waals surface area contributed by atoms with Crippen LogP contribution in [0.15, 0.2) is 69.6 Å². The number of ether oxygens (including phenoxy) is 2. The van der Waals surface area contributed by atoms with Crippen molar-refractivity contribution in [2.24, 2.45) is 10.4 Å². The third-order valence-electron chi connectivity index (χ3n) is 6.34. The summed E-state index contributed by atoms with van der Waals surface area (Å²) in [6, 6.07) is 14.6. The molecule has 2 aromatic carbocycles. The number of aromatic nitrogens is 1. The van der Waals surface area contributed by atoms with Crippen LogP contribution in [0.2, 0.25) is 0 Å². The zero-order valence-corrected chi connectivity index (χ0v) is 20.4. The predicted molar refractivity (Wildman–Crippen MR) is 132 cm³/mol. The molecule has 1 unspecified atom stereocenters. The molecular weight excluding hydrogens is 448 g/mol. The third-order valence-corrected chi connectivity index (χ3v) is 7.32. The second kappa shape index (κ2) is 8.40. The number of benzene rings is 2. The van der Waals surface area contributed by atoms with Crippen LogP contribution in [-0.2, 0) is 4.79 Å². The number of carbonyl (C=O) groups excluding carboxylic acids is 1. The van der Waals surface area contributed by atoms with Gasteiger partial charge in [0, 0.05) is 12.0 Å². The van der Waals surface area contributed by atoms with Crippen LogP contribution in [0.25, 0.3) is 6.08 Å². The predicted octanol–water partition coefficient (Wildman–Crippen LogP) is 3.62. The van der Waals surface area contributed by atoms with E-state index in [-0.39, 0.29) is 16.8 Å². The molecule has 0 spiro atoms. The van der Waals surface area contributed by atoms with Gasteiger partial charge in [0.25, 0.3) is 5.56 Å². The molecule has 7 heteroatoms. The van der Waals surface area contributed by atoms with Gasteiger partial charge in [-0.05, 0) is 53.3 Å². The second-order valence-corrected chi connectivity index (χ2v) is 10.4. The molecule has 0 amide bonds. The monoisotopic (exact) mass is 474 g/mol. The zero-order valence-electron chi connectivity index (χ0n) is 19.6. The molecule has 2 heterocycles. The maximum Gasteiger partial charge on any atom is 0.271 e. The van der Waals surface area contributed by atoms with Crippen molar-refractivity contribution in [2.75, 3.05) is 14.2 Å². The minimum atomic E-state index is -0.501. The Hall–Kier alpha value is -3.45. The highest BCUT2D eigenvalue weighted by atomic mass is 32.1. The van der Waals surface area contributed by atoms with Crippen LogP contribution < -0.4 is 24.4 Å². The van der Waals surface area contributed by atoms with Gasteiger partial charge in [0.2, 0.25) is 0 Å². The van der Waals surface area contributed by atoms with Gasteiger partial charge in [-0.3, -0.25) is 14.2 Å². The Morgan fingerprint density at radius 2 is 1.59 bits per heavy atom. The standard InChI is InChI=1S/C27H26N2O4S/c1-27(2)14-20-23(21(30)15-27)24(17-7-11-19(33-4)12-8-17)29-25(31)22(34-26(29)28-20)13-16-5-9-18(32-3)10-6-16/h5-13,24H,14-15H2,1-4H3. The van der Waals surface area contributed by atoms with Crippen LogP contribution in [0.4, 0.5) is 0 Å². The second-order valence-electron chi connectivity index (χ2n) is 9.43. The molecule has 0 saturated carbocycles. The van der Waals surface area contributed by atoms with Gasteiger partial charge in [0.15, 0.2) is 10.6 Å². The highest BCUT2D eigenvalue weighted by Crippen LogP contribution is 2.43. The molecular formula is C27H26N2O4S. The van der Waals surface area contributed by atoms with Gasteiger partial charge in [-0.25, -0.2) is 4.99 Å². The Bertz CT molecular complexity index is 1480. The molecule has 1 aliphatic carbocycles. The summed E-state index contributed by atoms with van der Waals surface area (Å²) in [4.78, 5) is 32.5. The largest absolute Gasteiger partial charge is 0.497 e. The van der Waals surface area contributed by atoms with E-state index in [0.29, 0.717) is 27.7 Å². The van der Waals surface area contributed by atoms with Crippen LogP contribution in [0.1, 0.15) is 43.9 Å². The first kappa shape index (κ1) is 22.3. The fraction of sp³-hybridized carbons (Fsp3) is 0.296. The molecule has 5 rings (SSSR count). The highest BCUT2D eigenvalue weighted by molar-refractivity contribution is 7.07. The summed E-state index contributed by atoms with van der Waals surface area (Å²) in [6.07, 6.45) is 3.00. The molecule has 6 nitrogen and oxygen atoms in total. The fourth-order valence-electron chi connectivity index (χ4n) is 4.70. The van der Waals surface area contributed by atoms with Gasteiger partial charge in [0.1, 0.15) is 11.5 Å². The van der Waals surface area contributed by atoms with Crippen LogP contribution in [0.5, 0.6) is 11.5 Å². The van der Waals surface area contributed by atoms with Crippen LogP contribution >= 0.6 is 11.3 Å². The first-order chi connectivity index (χ1) is 16.3. The summed E-state index contributed by atoms with van der Waals surface area (Å²) in [5.41, 5.74) is 2.87. The minimum Gasteiger partial charge on any atom is -0.497 e. The number of allylic oxidation sites excluding steroid dienone is 2. The van der Waals surface area contributed by atoms with E-state index >= 15 is 0 Å². The highest BCUT2D eigenvalue weighted by Gasteiger charge is 2.40. The average molecular weight is 475 g/mol. The Kier molecular flexibility index (Phi) is 5.52. The van der Waals surface area contributed by atoms with E-state index in [0.717, 1.165) is 28.3 Å². The third kappa shape index (κ3) is 3.90. The number of hydrogen-bond acceptors (Lipinski definition) is 6. The first-order valence-electron chi connectivity index (χ1n) is 11.2. The molecule has 1 aromatic heterocycles. The van der Waals surface area contributed by atoms with Gasteiger partial charge in [-0.1, -0.05) is 49.4 Å². The summed E-state index contributed by atoms with van der Waals surface area (Å²) in [7, 11) is 3.24. The number of rotatable bonds is 4. The summed E-state index contributed by atoms with van der Waals surface area (Å²) in [5.74, 6) is 1.54. The lowest BCUT2D eigenvalue weighted by atomic mass is 9.73. The molecule has 34 heavy (non-hydrogen) atoms. The number of Topliss-reactive ketones (excluding diaryl/α,β-unsaturated/α-hetero) is 1. The van der Waals surface area contributed by atoms with Crippen molar-refractivity contribution in [3.8, 4) is 11.5 Å². The minimum absolute atomic E-state index is 0.0558. The summed E-state index contributed by atoms with van der Waals surface area (Å²) < 4.78 is 12.8. The molecule has 0 bridgehead atoms.